The molecule has 1 heterocycles. The van der Waals surface area contributed by atoms with Crippen molar-refractivity contribution in [2.75, 3.05) is 23.9 Å². The van der Waals surface area contributed by atoms with Crippen LogP contribution in [0.25, 0.3) is 6.08 Å². The lowest BCUT2D eigenvalue weighted by molar-refractivity contribution is -0.137. The van der Waals surface area contributed by atoms with Crippen molar-refractivity contribution in [2.45, 2.75) is 13.1 Å². The lowest BCUT2D eigenvalue weighted by Gasteiger charge is -2.15. The molecule has 2 amide bonds. The number of nitrogens with zero attached hydrogens (tertiary/aromatic N) is 1. The largest absolute Gasteiger partial charge is 0.493 e. The highest BCUT2D eigenvalue weighted by Crippen LogP contribution is 2.38. The molecule has 1 N–H and O–H groups in total. The Morgan fingerprint density at radius 3 is 2.55 bits per heavy atom. The molecular formula is C27H21F3N2O4S2. The number of carbonyl (C=O) groups excluding carboxylic acids is 2. The lowest BCUT2D eigenvalue weighted by Crippen LogP contribution is -2.27. The van der Waals surface area contributed by atoms with E-state index in [1.165, 1.54) is 35.9 Å². The number of aryl methyl sites for hydroxylation is 1. The van der Waals surface area contributed by atoms with Gasteiger partial charge in [-0.05, 0) is 60.5 Å². The standard InChI is InChI=1S/C27H21F3N2O4S2/c1-16-6-5-7-18(12-16)32-25(34)23(38-26(32)37)14-17-10-11-21(22(13-17)35-2)36-15-24(33)31-20-9-4-3-8-19(20)27(28,29)30/h3-14H,15H2,1-2H3,(H,31,33)/b23-14-. The van der Waals surface area contributed by atoms with Crippen LogP contribution < -0.4 is 19.7 Å². The van der Waals surface area contributed by atoms with Gasteiger partial charge in [0.1, 0.15) is 0 Å². The van der Waals surface area contributed by atoms with Gasteiger partial charge >= 0.3 is 6.18 Å². The van der Waals surface area contributed by atoms with Crippen LogP contribution in [0.2, 0.25) is 0 Å². The van der Waals surface area contributed by atoms with Crippen LogP contribution in [0.1, 0.15) is 16.7 Å². The average molecular weight is 559 g/mol. The maximum absolute atomic E-state index is 13.2. The van der Waals surface area contributed by atoms with E-state index in [9.17, 15) is 22.8 Å². The van der Waals surface area contributed by atoms with Gasteiger partial charge in [0.25, 0.3) is 11.8 Å². The van der Waals surface area contributed by atoms with Gasteiger partial charge in [-0.3, -0.25) is 14.5 Å². The van der Waals surface area contributed by atoms with Crippen LogP contribution in [0.4, 0.5) is 24.5 Å². The monoisotopic (exact) mass is 558 g/mol. The molecule has 0 aromatic heterocycles. The summed E-state index contributed by atoms with van der Waals surface area (Å²) in [7, 11) is 1.41. The molecular weight excluding hydrogens is 537 g/mol. The molecule has 4 rings (SSSR count). The summed E-state index contributed by atoms with van der Waals surface area (Å²) in [6.45, 7) is 1.38. The van der Waals surface area contributed by atoms with Crippen molar-refractivity contribution in [1.82, 2.24) is 0 Å². The highest BCUT2D eigenvalue weighted by Gasteiger charge is 2.34. The second kappa shape index (κ2) is 11.3. The van der Waals surface area contributed by atoms with Crippen molar-refractivity contribution in [2.24, 2.45) is 0 Å². The van der Waals surface area contributed by atoms with Gasteiger partial charge in [-0.15, -0.1) is 0 Å². The Balaban J connectivity index is 1.46. The maximum Gasteiger partial charge on any atom is 0.418 e. The number of carbonyl (C=O) groups is 2. The molecule has 6 nitrogen and oxygen atoms in total. The molecule has 0 aliphatic carbocycles. The third-order valence-corrected chi connectivity index (χ3v) is 6.71. The van der Waals surface area contributed by atoms with Crippen LogP contribution in [0.3, 0.4) is 0 Å². The second-order valence-corrected chi connectivity index (χ2v) is 9.82. The highest BCUT2D eigenvalue weighted by atomic mass is 32.2. The zero-order valence-corrected chi connectivity index (χ0v) is 21.8. The Labute approximate surface area is 226 Å². The second-order valence-electron chi connectivity index (χ2n) is 8.15. The first kappa shape index (κ1) is 27.2. The predicted octanol–water partition coefficient (Wildman–Crippen LogP) is 6.45. The number of anilines is 2. The molecule has 11 heteroatoms. The number of alkyl halides is 3. The van der Waals surface area contributed by atoms with Crippen LogP contribution in [-0.2, 0) is 15.8 Å². The summed E-state index contributed by atoms with van der Waals surface area (Å²) in [4.78, 5) is 27.2. The first-order valence-electron chi connectivity index (χ1n) is 11.2. The van der Waals surface area contributed by atoms with E-state index in [4.69, 9.17) is 21.7 Å². The molecule has 1 fully saturated rings. The number of benzene rings is 3. The number of rotatable bonds is 7. The van der Waals surface area contributed by atoms with E-state index in [-0.39, 0.29) is 23.1 Å². The van der Waals surface area contributed by atoms with E-state index in [1.807, 2.05) is 31.2 Å². The van der Waals surface area contributed by atoms with Crippen LogP contribution in [0.5, 0.6) is 11.5 Å². The van der Waals surface area contributed by atoms with E-state index in [0.29, 0.717) is 20.5 Å². The van der Waals surface area contributed by atoms with Crippen molar-refractivity contribution in [1.29, 1.82) is 0 Å². The molecule has 1 saturated heterocycles. The first-order chi connectivity index (χ1) is 18.1. The topological polar surface area (TPSA) is 67.9 Å². The fourth-order valence-corrected chi connectivity index (χ4v) is 4.97. The van der Waals surface area contributed by atoms with Gasteiger partial charge in [-0.2, -0.15) is 13.2 Å². The van der Waals surface area contributed by atoms with Crippen LogP contribution >= 0.6 is 24.0 Å². The number of halogens is 3. The SMILES string of the molecule is COc1cc(/C=C2\SC(=S)N(c3cccc(C)c3)C2=O)ccc1OCC(=O)Nc1ccccc1C(F)(F)F. The molecule has 38 heavy (non-hydrogen) atoms. The molecule has 3 aromatic rings. The molecule has 0 radical (unpaired) electrons. The Morgan fingerprint density at radius 2 is 1.84 bits per heavy atom. The molecule has 1 aliphatic rings. The van der Waals surface area contributed by atoms with E-state index < -0.39 is 24.3 Å². The molecule has 1 aliphatic heterocycles. The predicted molar refractivity (Wildman–Crippen MR) is 145 cm³/mol. The lowest BCUT2D eigenvalue weighted by atomic mass is 10.1. The summed E-state index contributed by atoms with van der Waals surface area (Å²) >= 11 is 6.60. The molecule has 0 bridgehead atoms. The molecule has 3 aromatic carbocycles. The fourth-order valence-electron chi connectivity index (χ4n) is 3.67. The fraction of sp³-hybridized carbons (Fsp3) is 0.148. The summed E-state index contributed by atoms with van der Waals surface area (Å²) in [5.41, 5.74) is 0.997. The summed E-state index contributed by atoms with van der Waals surface area (Å²) in [5.74, 6) is -0.541. The highest BCUT2D eigenvalue weighted by molar-refractivity contribution is 8.27. The van der Waals surface area contributed by atoms with Gasteiger partial charge in [0.15, 0.2) is 22.4 Å². The number of thioether (sulfide) groups is 1. The van der Waals surface area contributed by atoms with Crippen molar-refractivity contribution in [3.8, 4) is 11.5 Å². The third kappa shape index (κ3) is 6.17. The Bertz CT molecular complexity index is 1440. The Morgan fingerprint density at radius 1 is 1.08 bits per heavy atom. The maximum atomic E-state index is 13.2. The van der Waals surface area contributed by atoms with Crippen molar-refractivity contribution in [3.05, 3.63) is 88.3 Å². The number of nitrogens with one attached hydrogen (secondary N) is 1. The number of methoxy groups -OCH3 is 1. The van der Waals surface area contributed by atoms with Crippen LogP contribution in [0.15, 0.2) is 71.6 Å². The van der Waals surface area contributed by atoms with E-state index in [0.717, 1.165) is 17.7 Å². The summed E-state index contributed by atoms with van der Waals surface area (Å²) in [6, 6.07) is 17.0. The van der Waals surface area contributed by atoms with E-state index in [2.05, 4.69) is 5.32 Å². The molecule has 0 saturated carbocycles. The normalized spacial score (nSPS) is 14.7. The Kier molecular flexibility index (Phi) is 8.08. The van der Waals surface area contributed by atoms with Gasteiger partial charge in [0.2, 0.25) is 0 Å². The average Bonchev–Trinajstić information content (AvgIpc) is 3.15. The van der Waals surface area contributed by atoms with Gasteiger partial charge in [-0.25, -0.2) is 0 Å². The van der Waals surface area contributed by atoms with E-state index >= 15 is 0 Å². The summed E-state index contributed by atoms with van der Waals surface area (Å²) in [5, 5.41) is 2.22. The zero-order valence-electron chi connectivity index (χ0n) is 20.2. The number of ether oxygens (including phenoxy) is 2. The van der Waals surface area contributed by atoms with Gasteiger partial charge in [-0.1, -0.05) is 54.3 Å². The zero-order chi connectivity index (χ0) is 27.4. The van der Waals surface area contributed by atoms with Gasteiger partial charge in [0.05, 0.1) is 29.0 Å². The Hall–Kier alpha value is -3.83. The summed E-state index contributed by atoms with van der Waals surface area (Å²) in [6.07, 6.45) is -2.94. The number of hydrogen-bond acceptors (Lipinski definition) is 6. The minimum absolute atomic E-state index is 0.205. The number of amides is 2. The van der Waals surface area contributed by atoms with Crippen molar-refractivity contribution in [3.63, 3.8) is 0 Å². The number of para-hydroxylation sites is 1. The molecule has 0 spiro atoms. The van der Waals surface area contributed by atoms with Crippen molar-refractivity contribution < 1.29 is 32.2 Å². The number of hydrogen-bond donors (Lipinski definition) is 1. The molecule has 196 valence electrons. The minimum atomic E-state index is -4.61. The van der Waals surface area contributed by atoms with Crippen LogP contribution in [0, 0.1) is 6.92 Å². The quantitative estimate of drug-likeness (QED) is 0.266. The van der Waals surface area contributed by atoms with E-state index in [1.54, 1.807) is 24.3 Å². The van der Waals surface area contributed by atoms with Crippen LogP contribution in [-0.4, -0.2) is 29.9 Å². The van der Waals surface area contributed by atoms with Crippen molar-refractivity contribution >= 4 is 57.6 Å². The van der Waals surface area contributed by atoms with Gasteiger partial charge < -0.3 is 14.8 Å². The summed E-state index contributed by atoms with van der Waals surface area (Å²) < 4.78 is 50.8. The third-order valence-electron chi connectivity index (χ3n) is 5.40. The smallest absolute Gasteiger partial charge is 0.418 e. The van der Waals surface area contributed by atoms with Gasteiger partial charge in [0, 0.05) is 0 Å². The molecule has 0 atom stereocenters. The minimum Gasteiger partial charge on any atom is -0.493 e. The number of thiocarbonyl (C=S) groups is 1. The first-order valence-corrected chi connectivity index (χ1v) is 12.4. The molecule has 0 unspecified atom stereocenters.